The SMILES string of the molecule is CCN(c1ccc(NC(=O)Cn2cnc3c2c(=O)n(C)c(=O)n3C)cc1)C(C)C. The molecule has 0 fully saturated rings. The lowest BCUT2D eigenvalue weighted by Crippen LogP contribution is -2.37. The van der Waals surface area contributed by atoms with Crippen molar-refractivity contribution in [2.45, 2.75) is 33.4 Å². The summed E-state index contributed by atoms with van der Waals surface area (Å²) in [5, 5.41) is 2.83. The number of nitrogens with zero attached hydrogens (tertiary/aromatic N) is 5. The molecule has 3 aromatic rings. The number of aromatic nitrogens is 4. The first-order chi connectivity index (χ1) is 13.7. The minimum absolute atomic E-state index is 0.0845. The molecule has 0 aliphatic carbocycles. The number of hydrogen-bond acceptors (Lipinski definition) is 5. The van der Waals surface area contributed by atoms with E-state index in [0.717, 1.165) is 16.8 Å². The van der Waals surface area contributed by atoms with E-state index in [2.05, 4.69) is 36.0 Å². The number of fused-ring (bicyclic) bond motifs is 1. The summed E-state index contributed by atoms with van der Waals surface area (Å²) in [5.41, 5.74) is 1.29. The van der Waals surface area contributed by atoms with Gasteiger partial charge in [-0.05, 0) is 45.0 Å². The topological polar surface area (TPSA) is 94.2 Å². The van der Waals surface area contributed by atoms with Crippen LogP contribution in [0.25, 0.3) is 11.2 Å². The molecule has 9 heteroatoms. The quantitative estimate of drug-likeness (QED) is 0.676. The molecule has 0 atom stereocenters. The van der Waals surface area contributed by atoms with E-state index >= 15 is 0 Å². The van der Waals surface area contributed by atoms with Gasteiger partial charge in [-0.15, -0.1) is 0 Å². The maximum atomic E-state index is 12.5. The monoisotopic (exact) mass is 398 g/mol. The second-order valence-electron chi connectivity index (χ2n) is 7.23. The van der Waals surface area contributed by atoms with Crippen LogP contribution in [0.15, 0.2) is 40.2 Å². The van der Waals surface area contributed by atoms with Crippen LogP contribution >= 0.6 is 0 Å². The highest BCUT2D eigenvalue weighted by atomic mass is 16.2. The largest absolute Gasteiger partial charge is 0.369 e. The number of imidazole rings is 1. The van der Waals surface area contributed by atoms with Crippen LogP contribution in [0.1, 0.15) is 20.8 Å². The number of benzene rings is 1. The van der Waals surface area contributed by atoms with Gasteiger partial charge in [-0.2, -0.15) is 0 Å². The molecule has 2 heterocycles. The molecule has 0 aliphatic rings. The van der Waals surface area contributed by atoms with Gasteiger partial charge < -0.3 is 14.8 Å². The molecule has 2 aromatic heterocycles. The third kappa shape index (κ3) is 3.80. The summed E-state index contributed by atoms with van der Waals surface area (Å²) >= 11 is 0. The number of aryl methyl sites for hydroxylation is 1. The highest BCUT2D eigenvalue weighted by Gasteiger charge is 2.16. The van der Waals surface area contributed by atoms with Gasteiger partial charge in [0, 0.05) is 38.1 Å². The van der Waals surface area contributed by atoms with Gasteiger partial charge in [-0.25, -0.2) is 9.78 Å². The van der Waals surface area contributed by atoms with Crippen LogP contribution < -0.4 is 21.5 Å². The van der Waals surface area contributed by atoms with Crippen molar-refractivity contribution in [2.24, 2.45) is 14.1 Å². The third-order valence-electron chi connectivity index (χ3n) is 4.98. The molecule has 0 unspecified atom stereocenters. The van der Waals surface area contributed by atoms with Crippen LogP contribution in [-0.4, -0.2) is 37.2 Å². The average molecular weight is 398 g/mol. The van der Waals surface area contributed by atoms with Gasteiger partial charge in [0.2, 0.25) is 5.91 Å². The molecule has 0 saturated carbocycles. The minimum Gasteiger partial charge on any atom is -0.369 e. The van der Waals surface area contributed by atoms with Crippen molar-refractivity contribution in [3.63, 3.8) is 0 Å². The number of anilines is 2. The summed E-state index contributed by atoms with van der Waals surface area (Å²) in [7, 11) is 2.94. The van der Waals surface area contributed by atoms with Crippen LogP contribution in [0.3, 0.4) is 0 Å². The van der Waals surface area contributed by atoms with Crippen LogP contribution in [0.5, 0.6) is 0 Å². The molecule has 154 valence electrons. The molecule has 1 N–H and O–H groups in total. The van der Waals surface area contributed by atoms with E-state index in [-0.39, 0.29) is 23.6 Å². The maximum absolute atomic E-state index is 12.5. The Morgan fingerprint density at radius 2 is 1.79 bits per heavy atom. The summed E-state index contributed by atoms with van der Waals surface area (Å²) < 4.78 is 3.75. The second kappa shape index (κ2) is 7.94. The van der Waals surface area contributed by atoms with Crippen LogP contribution in [0.2, 0.25) is 0 Å². The molecule has 3 rings (SSSR count). The zero-order valence-electron chi connectivity index (χ0n) is 17.3. The number of hydrogen-bond donors (Lipinski definition) is 1. The van der Waals surface area contributed by atoms with E-state index in [1.807, 2.05) is 24.3 Å². The predicted molar refractivity (Wildman–Crippen MR) is 113 cm³/mol. The fourth-order valence-electron chi connectivity index (χ4n) is 3.45. The molecular formula is C20H26N6O3. The van der Waals surface area contributed by atoms with Crippen LogP contribution in [-0.2, 0) is 25.4 Å². The normalized spacial score (nSPS) is 11.2. The molecular weight excluding hydrogens is 372 g/mol. The summed E-state index contributed by atoms with van der Waals surface area (Å²) in [4.78, 5) is 43.4. The molecule has 1 aromatic carbocycles. The Hall–Kier alpha value is -3.36. The van der Waals surface area contributed by atoms with Gasteiger partial charge >= 0.3 is 5.69 Å². The van der Waals surface area contributed by atoms with Crippen molar-refractivity contribution < 1.29 is 4.79 Å². The van der Waals surface area contributed by atoms with Gasteiger partial charge in [-0.1, -0.05) is 0 Å². The summed E-state index contributed by atoms with van der Waals surface area (Å²) in [6.45, 7) is 7.18. The van der Waals surface area contributed by atoms with E-state index in [9.17, 15) is 14.4 Å². The zero-order valence-corrected chi connectivity index (χ0v) is 17.3. The standard InChI is InChI=1S/C20H26N6O3/c1-6-26(13(2)3)15-9-7-14(8-10-15)22-16(27)11-25-12-21-18-17(25)19(28)24(5)20(29)23(18)4/h7-10,12-13H,6,11H2,1-5H3,(H,22,27). The number of amides is 1. The van der Waals surface area contributed by atoms with Gasteiger partial charge in [-0.3, -0.25) is 18.7 Å². The van der Waals surface area contributed by atoms with Gasteiger partial charge in [0.05, 0.1) is 6.33 Å². The van der Waals surface area contributed by atoms with Gasteiger partial charge in [0.25, 0.3) is 5.56 Å². The molecule has 9 nitrogen and oxygen atoms in total. The molecule has 0 spiro atoms. The lowest BCUT2D eigenvalue weighted by Gasteiger charge is -2.27. The average Bonchev–Trinajstić information content (AvgIpc) is 3.09. The molecule has 29 heavy (non-hydrogen) atoms. The number of rotatable bonds is 6. The van der Waals surface area contributed by atoms with Crippen molar-refractivity contribution in [3.8, 4) is 0 Å². The molecule has 0 saturated heterocycles. The van der Waals surface area contributed by atoms with Crippen LogP contribution in [0, 0.1) is 0 Å². The fraction of sp³-hybridized carbons (Fsp3) is 0.400. The first-order valence-corrected chi connectivity index (χ1v) is 9.52. The van der Waals surface area contributed by atoms with E-state index < -0.39 is 11.2 Å². The van der Waals surface area contributed by atoms with Crippen molar-refractivity contribution in [3.05, 3.63) is 51.4 Å². The first-order valence-electron chi connectivity index (χ1n) is 9.52. The number of nitrogens with one attached hydrogen (secondary N) is 1. The zero-order chi connectivity index (χ0) is 21.3. The smallest absolute Gasteiger partial charge is 0.332 e. The minimum atomic E-state index is -0.480. The van der Waals surface area contributed by atoms with E-state index in [1.54, 1.807) is 7.05 Å². The van der Waals surface area contributed by atoms with E-state index in [0.29, 0.717) is 11.7 Å². The molecule has 0 aliphatic heterocycles. The summed E-state index contributed by atoms with van der Waals surface area (Å²) in [6.07, 6.45) is 1.40. The highest BCUT2D eigenvalue weighted by Crippen LogP contribution is 2.20. The maximum Gasteiger partial charge on any atom is 0.332 e. The molecule has 0 bridgehead atoms. The Bertz CT molecular complexity index is 1150. The van der Waals surface area contributed by atoms with Crippen LogP contribution in [0.4, 0.5) is 11.4 Å². The third-order valence-corrected chi connectivity index (χ3v) is 4.98. The Morgan fingerprint density at radius 3 is 2.38 bits per heavy atom. The Labute approximate surface area is 168 Å². The summed E-state index contributed by atoms with van der Waals surface area (Å²) in [5.74, 6) is -0.288. The fourth-order valence-corrected chi connectivity index (χ4v) is 3.45. The number of carbonyl (C=O) groups is 1. The summed E-state index contributed by atoms with van der Waals surface area (Å²) in [6, 6.07) is 8.03. The highest BCUT2D eigenvalue weighted by molar-refractivity contribution is 5.91. The van der Waals surface area contributed by atoms with E-state index in [4.69, 9.17) is 0 Å². The van der Waals surface area contributed by atoms with Crippen molar-refractivity contribution in [1.29, 1.82) is 0 Å². The van der Waals surface area contributed by atoms with E-state index in [1.165, 1.54) is 22.5 Å². The van der Waals surface area contributed by atoms with Crippen molar-refractivity contribution in [2.75, 3.05) is 16.8 Å². The first kappa shape index (κ1) is 20.4. The van der Waals surface area contributed by atoms with Crippen molar-refractivity contribution >= 4 is 28.4 Å². The number of carbonyl (C=O) groups excluding carboxylic acids is 1. The lowest BCUT2D eigenvalue weighted by molar-refractivity contribution is -0.116. The lowest BCUT2D eigenvalue weighted by atomic mass is 10.2. The second-order valence-corrected chi connectivity index (χ2v) is 7.23. The Kier molecular flexibility index (Phi) is 5.58. The Morgan fingerprint density at radius 1 is 1.14 bits per heavy atom. The predicted octanol–water partition coefficient (Wildman–Crippen LogP) is 1.31. The molecule has 1 amide bonds. The van der Waals surface area contributed by atoms with Gasteiger partial charge in [0.15, 0.2) is 11.2 Å². The van der Waals surface area contributed by atoms with Gasteiger partial charge in [0.1, 0.15) is 6.54 Å². The Balaban J connectivity index is 1.80. The van der Waals surface area contributed by atoms with Crippen molar-refractivity contribution in [1.82, 2.24) is 18.7 Å². The molecule has 0 radical (unpaired) electrons.